The largest absolute Gasteiger partial charge is 0.496 e. The predicted octanol–water partition coefficient (Wildman–Crippen LogP) is 3.95. The van der Waals surface area contributed by atoms with Crippen molar-refractivity contribution in [1.82, 2.24) is 0 Å². The van der Waals surface area contributed by atoms with Crippen molar-refractivity contribution in [2.24, 2.45) is 0 Å². The van der Waals surface area contributed by atoms with Gasteiger partial charge in [0.25, 0.3) is 0 Å². The van der Waals surface area contributed by atoms with Gasteiger partial charge in [0.1, 0.15) is 11.6 Å². The van der Waals surface area contributed by atoms with Crippen LogP contribution in [-0.2, 0) is 0 Å². The molecule has 0 saturated heterocycles. The molecule has 0 amide bonds. The number of hydrogen-bond donors (Lipinski definition) is 1. The fourth-order valence-electron chi connectivity index (χ4n) is 1.73. The van der Waals surface area contributed by atoms with Crippen LogP contribution in [0.15, 0.2) is 30.3 Å². The summed E-state index contributed by atoms with van der Waals surface area (Å²) in [7, 11) is 1.40. The van der Waals surface area contributed by atoms with Crippen molar-refractivity contribution in [2.45, 2.75) is 0 Å². The molecule has 0 atom stereocenters. The van der Waals surface area contributed by atoms with Crippen molar-refractivity contribution in [2.75, 3.05) is 12.8 Å². The van der Waals surface area contributed by atoms with Crippen LogP contribution in [0.1, 0.15) is 15.9 Å². The van der Waals surface area contributed by atoms with E-state index in [-0.39, 0.29) is 32.6 Å². The minimum atomic E-state index is -0.540. The van der Waals surface area contributed by atoms with E-state index in [0.717, 1.165) is 6.07 Å². The highest BCUT2D eigenvalue weighted by atomic mass is 35.5. The molecule has 0 aliphatic rings. The lowest BCUT2D eigenvalue weighted by molar-refractivity contribution is 0.103. The molecule has 0 saturated carbocycles. The Morgan fingerprint density at radius 3 is 2.35 bits per heavy atom. The SMILES string of the molecule is COc1ccc(F)cc1C(=O)c1cc(Cl)c(N)c(Cl)c1. The standard InChI is InChI=1S/C14H10Cl2FNO2/c1-20-12-3-2-8(17)6-9(12)14(19)7-4-10(15)13(18)11(16)5-7/h2-6H,18H2,1H3. The van der Waals surface area contributed by atoms with Crippen LogP contribution in [0.4, 0.5) is 10.1 Å². The lowest BCUT2D eigenvalue weighted by atomic mass is 10.0. The molecule has 0 fully saturated rings. The van der Waals surface area contributed by atoms with Gasteiger partial charge in [-0.3, -0.25) is 4.79 Å². The number of methoxy groups -OCH3 is 1. The minimum absolute atomic E-state index is 0.0874. The third-order valence-corrected chi connectivity index (χ3v) is 3.37. The Bertz CT molecular complexity index is 666. The first-order chi connectivity index (χ1) is 9.43. The molecule has 2 aromatic carbocycles. The number of hydrogen-bond acceptors (Lipinski definition) is 3. The summed E-state index contributed by atoms with van der Waals surface area (Å²) in [6.07, 6.45) is 0. The number of ether oxygens (including phenoxy) is 1. The van der Waals surface area contributed by atoms with Gasteiger partial charge in [0.2, 0.25) is 0 Å². The number of nitrogen functional groups attached to an aromatic ring is 1. The number of halogens is 3. The minimum Gasteiger partial charge on any atom is -0.496 e. The van der Waals surface area contributed by atoms with Gasteiger partial charge in [0.15, 0.2) is 5.78 Å². The van der Waals surface area contributed by atoms with Gasteiger partial charge in [0.05, 0.1) is 28.4 Å². The van der Waals surface area contributed by atoms with Crippen molar-refractivity contribution < 1.29 is 13.9 Å². The molecule has 0 radical (unpaired) electrons. The second kappa shape index (κ2) is 5.69. The molecule has 0 aliphatic heterocycles. The zero-order valence-corrected chi connectivity index (χ0v) is 11.9. The van der Waals surface area contributed by atoms with Crippen LogP contribution in [0.3, 0.4) is 0 Å². The zero-order valence-electron chi connectivity index (χ0n) is 10.4. The average molecular weight is 314 g/mol. The molecule has 0 aliphatic carbocycles. The van der Waals surface area contributed by atoms with E-state index in [0.29, 0.717) is 0 Å². The number of rotatable bonds is 3. The highest BCUT2D eigenvalue weighted by Crippen LogP contribution is 2.31. The highest BCUT2D eigenvalue weighted by Gasteiger charge is 2.17. The van der Waals surface area contributed by atoms with E-state index in [2.05, 4.69) is 0 Å². The number of ketones is 1. The van der Waals surface area contributed by atoms with Crippen LogP contribution < -0.4 is 10.5 Å². The average Bonchev–Trinajstić information content (AvgIpc) is 2.43. The molecule has 104 valence electrons. The number of anilines is 1. The van der Waals surface area contributed by atoms with E-state index >= 15 is 0 Å². The Balaban J connectivity index is 2.54. The van der Waals surface area contributed by atoms with Crippen molar-refractivity contribution in [1.29, 1.82) is 0 Å². The fraction of sp³-hybridized carbons (Fsp3) is 0.0714. The maximum absolute atomic E-state index is 13.3. The molecule has 0 bridgehead atoms. The summed E-state index contributed by atoms with van der Waals surface area (Å²) >= 11 is 11.8. The molecule has 20 heavy (non-hydrogen) atoms. The summed E-state index contributed by atoms with van der Waals surface area (Å²) in [6.45, 7) is 0. The van der Waals surface area contributed by atoms with Crippen molar-refractivity contribution in [3.63, 3.8) is 0 Å². The van der Waals surface area contributed by atoms with E-state index < -0.39 is 11.6 Å². The van der Waals surface area contributed by atoms with E-state index in [4.69, 9.17) is 33.7 Å². The summed E-state index contributed by atoms with van der Waals surface area (Å²) < 4.78 is 18.4. The maximum Gasteiger partial charge on any atom is 0.196 e. The van der Waals surface area contributed by atoms with E-state index in [1.165, 1.54) is 31.4 Å². The second-order valence-corrected chi connectivity index (χ2v) is 4.84. The van der Waals surface area contributed by atoms with Gasteiger partial charge in [-0.1, -0.05) is 23.2 Å². The zero-order chi connectivity index (χ0) is 14.9. The normalized spacial score (nSPS) is 10.4. The number of carbonyl (C=O) groups is 1. The van der Waals surface area contributed by atoms with Crippen molar-refractivity contribution in [3.8, 4) is 5.75 Å². The van der Waals surface area contributed by atoms with Gasteiger partial charge < -0.3 is 10.5 Å². The number of nitrogens with two attached hydrogens (primary N) is 1. The lowest BCUT2D eigenvalue weighted by Crippen LogP contribution is -2.05. The summed E-state index contributed by atoms with van der Waals surface area (Å²) in [4.78, 5) is 12.4. The Labute approximate surface area is 125 Å². The molecule has 6 heteroatoms. The molecule has 2 N–H and O–H groups in total. The van der Waals surface area contributed by atoms with Gasteiger partial charge in [-0.15, -0.1) is 0 Å². The Morgan fingerprint density at radius 1 is 1.20 bits per heavy atom. The first-order valence-corrected chi connectivity index (χ1v) is 6.32. The van der Waals surface area contributed by atoms with E-state index in [1.807, 2.05) is 0 Å². The van der Waals surface area contributed by atoms with Crippen LogP contribution >= 0.6 is 23.2 Å². The van der Waals surface area contributed by atoms with Crippen molar-refractivity contribution >= 4 is 34.7 Å². The molecule has 0 aromatic heterocycles. The fourth-order valence-corrected chi connectivity index (χ4v) is 2.22. The molecule has 3 nitrogen and oxygen atoms in total. The number of benzene rings is 2. The van der Waals surface area contributed by atoms with Gasteiger partial charge in [-0.25, -0.2) is 4.39 Å². The Kier molecular flexibility index (Phi) is 4.16. The monoisotopic (exact) mass is 313 g/mol. The van der Waals surface area contributed by atoms with Crippen molar-refractivity contribution in [3.05, 3.63) is 57.3 Å². The molecule has 0 heterocycles. The quantitative estimate of drug-likeness (QED) is 0.689. The third-order valence-electron chi connectivity index (χ3n) is 2.75. The van der Waals surface area contributed by atoms with Gasteiger partial charge in [-0.2, -0.15) is 0 Å². The van der Waals surface area contributed by atoms with Crippen LogP contribution in [-0.4, -0.2) is 12.9 Å². The number of carbonyl (C=O) groups excluding carboxylic acids is 1. The summed E-state index contributed by atoms with van der Waals surface area (Å²) in [5.41, 5.74) is 6.09. The lowest BCUT2D eigenvalue weighted by Gasteiger charge is -2.09. The Hall–Kier alpha value is -1.78. The first-order valence-electron chi connectivity index (χ1n) is 5.56. The summed E-state index contributed by atoms with van der Waals surface area (Å²) in [5.74, 6) is -0.729. The molecule has 0 spiro atoms. The van der Waals surface area contributed by atoms with Gasteiger partial charge in [-0.05, 0) is 30.3 Å². The van der Waals surface area contributed by atoms with Gasteiger partial charge in [0, 0.05) is 5.56 Å². The second-order valence-electron chi connectivity index (χ2n) is 4.03. The van der Waals surface area contributed by atoms with Crippen LogP contribution in [0.5, 0.6) is 5.75 Å². The predicted molar refractivity (Wildman–Crippen MR) is 77.3 cm³/mol. The third kappa shape index (κ3) is 2.71. The molecule has 0 unspecified atom stereocenters. The smallest absolute Gasteiger partial charge is 0.196 e. The topological polar surface area (TPSA) is 52.3 Å². The summed E-state index contributed by atoms with van der Waals surface area (Å²) in [5, 5.41) is 0.326. The first kappa shape index (κ1) is 14.6. The molecule has 2 aromatic rings. The summed E-state index contributed by atoms with van der Waals surface area (Å²) in [6, 6.07) is 6.45. The highest BCUT2D eigenvalue weighted by molar-refractivity contribution is 6.39. The molecule has 2 rings (SSSR count). The van der Waals surface area contributed by atoms with Crippen LogP contribution in [0, 0.1) is 5.82 Å². The van der Waals surface area contributed by atoms with Gasteiger partial charge >= 0.3 is 0 Å². The van der Waals surface area contributed by atoms with E-state index in [1.54, 1.807) is 0 Å². The molecular weight excluding hydrogens is 304 g/mol. The molecular formula is C14H10Cl2FNO2. The van der Waals surface area contributed by atoms with Crippen LogP contribution in [0.2, 0.25) is 10.0 Å². The Morgan fingerprint density at radius 2 is 1.80 bits per heavy atom. The maximum atomic E-state index is 13.3. The van der Waals surface area contributed by atoms with Crippen LogP contribution in [0.25, 0.3) is 0 Å². The van der Waals surface area contributed by atoms with E-state index in [9.17, 15) is 9.18 Å².